The Morgan fingerprint density at radius 1 is 0.767 bits per heavy atom. The maximum Gasteiger partial charge on any atom is 0.123 e. The third-order valence-electron chi connectivity index (χ3n) is 5.98. The van der Waals surface area contributed by atoms with Crippen LogP contribution in [-0.4, -0.2) is 31.1 Å². The summed E-state index contributed by atoms with van der Waals surface area (Å²) in [5, 5.41) is 0. The van der Waals surface area contributed by atoms with Crippen LogP contribution in [-0.2, 0) is 0 Å². The van der Waals surface area contributed by atoms with E-state index >= 15 is 0 Å². The molecule has 1 aliphatic rings. The Balaban J connectivity index is 1.39. The van der Waals surface area contributed by atoms with Crippen molar-refractivity contribution in [2.75, 3.05) is 26.2 Å². The van der Waals surface area contributed by atoms with Gasteiger partial charge in [0.25, 0.3) is 0 Å². The number of piperidine rings is 1. The van der Waals surface area contributed by atoms with Crippen LogP contribution in [0.1, 0.15) is 29.9 Å². The highest BCUT2D eigenvalue weighted by atomic mass is 19.1. The topological polar surface area (TPSA) is 12.5 Å². The predicted molar refractivity (Wildman–Crippen MR) is 116 cm³/mol. The van der Waals surface area contributed by atoms with Gasteiger partial charge in [-0.1, -0.05) is 42.5 Å². The van der Waals surface area contributed by atoms with Gasteiger partial charge in [-0.2, -0.15) is 0 Å². The van der Waals surface area contributed by atoms with E-state index in [4.69, 9.17) is 4.74 Å². The molecule has 30 heavy (non-hydrogen) atoms. The van der Waals surface area contributed by atoms with Crippen molar-refractivity contribution in [1.29, 1.82) is 0 Å². The van der Waals surface area contributed by atoms with Crippen LogP contribution in [0.5, 0.6) is 5.75 Å². The van der Waals surface area contributed by atoms with Gasteiger partial charge < -0.3 is 4.74 Å². The molecule has 0 N–H and O–H groups in total. The van der Waals surface area contributed by atoms with E-state index in [0.29, 0.717) is 12.5 Å². The lowest BCUT2D eigenvalue weighted by molar-refractivity contribution is 0.149. The van der Waals surface area contributed by atoms with Crippen LogP contribution < -0.4 is 4.74 Å². The van der Waals surface area contributed by atoms with E-state index in [0.717, 1.165) is 49.4 Å². The Hall–Kier alpha value is -2.72. The molecule has 0 bridgehead atoms. The number of rotatable bonds is 7. The van der Waals surface area contributed by atoms with E-state index in [9.17, 15) is 8.78 Å². The average molecular weight is 408 g/mol. The second kappa shape index (κ2) is 9.86. The van der Waals surface area contributed by atoms with Crippen LogP contribution in [0.15, 0.2) is 78.9 Å². The summed E-state index contributed by atoms with van der Waals surface area (Å²) >= 11 is 0. The third kappa shape index (κ3) is 5.25. The highest BCUT2D eigenvalue weighted by Crippen LogP contribution is 2.38. The molecule has 0 saturated carbocycles. The predicted octanol–water partition coefficient (Wildman–Crippen LogP) is 5.89. The van der Waals surface area contributed by atoms with Crippen molar-refractivity contribution in [2.24, 2.45) is 5.92 Å². The molecule has 0 aliphatic carbocycles. The van der Waals surface area contributed by atoms with Gasteiger partial charge in [0.15, 0.2) is 0 Å². The molecule has 2 nitrogen and oxygen atoms in total. The minimum Gasteiger partial charge on any atom is -0.492 e. The Bertz CT molecular complexity index is 859. The van der Waals surface area contributed by atoms with Gasteiger partial charge in [0.2, 0.25) is 0 Å². The lowest BCUT2D eigenvalue weighted by Crippen LogP contribution is -2.38. The first-order valence-electron chi connectivity index (χ1n) is 10.6. The first-order valence-corrected chi connectivity index (χ1v) is 10.6. The van der Waals surface area contributed by atoms with Crippen molar-refractivity contribution in [3.05, 3.63) is 102 Å². The summed E-state index contributed by atoms with van der Waals surface area (Å²) in [5.74, 6) is 1.02. The molecule has 0 radical (unpaired) electrons. The molecule has 1 aliphatic heterocycles. The number of nitrogens with zero attached hydrogens (tertiary/aromatic N) is 1. The SMILES string of the molecule is Fc1ccc(C(c2ccc(F)cc2)C2CCN(CCOc3ccccc3)CC2)cc1. The summed E-state index contributed by atoms with van der Waals surface area (Å²) in [6, 6.07) is 23.4. The maximum absolute atomic E-state index is 13.5. The summed E-state index contributed by atoms with van der Waals surface area (Å²) in [6.45, 7) is 3.58. The number of para-hydroxylation sites is 1. The fourth-order valence-electron chi connectivity index (χ4n) is 4.40. The molecule has 4 heteroatoms. The van der Waals surface area contributed by atoms with Crippen molar-refractivity contribution in [2.45, 2.75) is 18.8 Å². The van der Waals surface area contributed by atoms with Gasteiger partial charge >= 0.3 is 0 Å². The molecular formula is C26H27F2NO. The second-order valence-electron chi connectivity index (χ2n) is 7.92. The molecular weight excluding hydrogens is 380 g/mol. The van der Waals surface area contributed by atoms with E-state index < -0.39 is 0 Å². The van der Waals surface area contributed by atoms with Gasteiger partial charge in [-0.05, 0) is 79.4 Å². The van der Waals surface area contributed by atoms with E-state index in [1.165, 1.54) is 24.3 Å². The lowest BCUT2D eigenvalue weighted by Gasteiger charge is -2.36. The average Bonchev–Trinajstić information content (AvgIpc) is 2.78. The normalized spacial score (nSPS) is 15.4. The lowest BCUT2D eigenvalue weighted by atomic mass is 9.76. The Morgan fingerprint density at radius 2 is 1.30 bits per heavy atom. The second-order valence-corrected chi connectivity index (χ2v) is 7.92. The summed E-state index contributed by atoms with van der Waals surface area (Å²) in [7, 11) is 0. The summed E-state index contributed by atoms with van der Waals surface area (Å²) < 4.78 is 32.8. The van der Waals surface area contributed by atoms with E-state index in [1.54, 1.807) is 0 Å². The summed E-state index contributed by atoms with van der Waals surface area (Å²) in [5.41, 5.74) is 2.18. The molecule has 156 valence electrons. The van der Waals surface area contributed by atoms with Crippen molar-refractivity contribution < 1.29 is 13.5 Å². The Kier molecular flexibility index (Phi) is 6.75. The van der Waals surface area contributed by atoms with Crippen LogP contribution in [0.25, 0.3) is 0 Å². The van der Waals surface area contributed by atoms with Crippen LogP contribution in [0, 0.1) is 17.6 Å². The van der Waals surface area contributed by atoms with Crippen LogP contribution in [0.2, 0.25) is 0 Å². The number of benzene rings is 3. The van der Waals surface area contributed by atoms with Crippen molar-refractivity contribution in [1.82, 2.24) is 4.90 Å². The zero-order chi connectivity index (χ0) is 20.8. The Morgan fingerprint density at radius 3 is 1.83 bits per heavy atom. The highest BCUT2D eigenvalue weighted by molar-refractivity contribution is 5.34. The van der Waals surface area contributed by atoms with Crippen LogP contribution in [0.4, 0.5) is 8.78 Å². The number of hydrogen-bond donors (Lipinski definition) is 0. The molecule has 0 spiro atoms. The zero-order valence-electron chi connectivity index (χ0n) is 17.0. The minimum absolute atomic E-state index is 0.147. The smallest absolute Gasteiger partial charge is 0.123 e. The fourth-order valence-corrected chi connectivity index (χ4v) is 4.40. The van der Waals surface area contributed by atoms with E-state index in [1.807, 2.05) is 54.6 Å². The van der Waals surface area contributed by atoms with Gasteiger partial charge in [0.1, 0.15) is 24.0 Å². The molecule has 4 rings (SSSR count). The van der Waals surface area contributed by atoms with Gasteiger partial charge in [-0.3, -0.25) is 4.90 Å². The zero-order valence-corrected chi connectivity index (χ0v) is 17.0. The molecule has 3 aromatic carbocycles. The molecule has 1 saturated heterocycles. The quantitative estimate of drug-likeness (QED) is 0.484. The van der Waals surface area contributed by atoms with E-state index in [-0.39, 0.29) is 17.6 Å². The molecule has 0 atom stereocenters. The van der Waals surface area contributed by atoms with Crippen LogP contribution in [0.3, 0.4) is 0 Å². The van der Waals surface area contributed by atoms with Gasteiger partial charge in [0, 0.05) is 12.5 Å². The fraction of sp³-hybridized carbons (Fsp3) is 0.308. The summed E-state index contributed by atoms with van der Waals surface area (Å²) in [6.07, 6.45) is 2.09. The summed E-state index contributed by atoms with van der Waals surface area (Å²) in [4.78, 5) is 2.44. The minimum atomic E-state index is -0.232. The highest BCUT2D eigenvalue weighted by Gasteiger charge is 2.29. The van der Waals surface area contributed by atoms with Crippen molar-refractivity contribution >= 4 is 0 Å². The van der Waals surface area contributed by atoms with Crippen molar-refractivity contribution in [3.63, 3.8) is 0 Å². The van der Waals surface area contributed by atoms with E-state index in [2.05, 4.69) is 4.90 Å². The molecule has 3 aromatic rings. The molecule has 0 amide bonds. The monoisotopic (exact) mass is 407 g/mol. The number of hydrogen-bond acceptors (Lipinski definition) is 2. The van der Waals surface area contributed by atoms with Gasteiger partial charge in [0.05, 0.1) is 0 Å². The largest absolute Gasteiger partial charge is 0.492 e. The molecule has 0 aromatic heterocycles. The number of ether oxygens (including phenoxy) is 1. The van der Waals surface area contributed by atoms with Gasteiger partial charge in [-0.15, -0.1) is 0 Å². The first kappa shape index (κ1) is 20.5. The molecule has 0 unspecified atom stereocenters. The Labute approximate surface area is 177 Å². The standard InChI is InChI=1S/C26H27F2NO/c27-23-10-6-20(7-11-23)26(21-8-12-24(28)13-9-21)22-14-16-29(17-15-22)18-19-30-25-4-2-1-3-5-25/h1-13,22,26H,14-19H2. The van der Waals surface area contributed by atoms with Crippen LogP contribution >= 0.6 is 0 Å². The number of likely N-dealkylation sites (tertiary alicyclic amines) is 1. The van der Waals surface area contributed by atoms with Crippen molar-refractivity contribution in [3.8, 4) is 5.75 Å². The number of halogens is 2. The first-order chi connectivity index (χ1) is 14.7. The molecule has 1 heterocycles. The van der Waals surface area contributed by atoms with Gasteiger partial charge in [-0.25, -0.2) is 8.78 Å². The third-order valence-corrected chi connectivity index (χ3v) is 5.98. The maximum atomic E-state index is 13.5. The molecule has 1 fully saturated rings.